The molecule has 0 unspecified atom stereocenters. The maximum Gasteiger partial charge on any atom is 0.255 e. The van der Waals surface area contributed by atoms with Gasteiger partial charge in [0.2, 0.25) is 0 Å². The largest absolute Gasteiger partial charge is 0.322 e. The molecule has 18 heavy (non-hydrogen) atoms. The van der Waals surface area contributed by atoms with Crippen molar-refractivity contribution in [2.24, 2.45) is 0 Å². The van der Waals surface area contributed by atoms with E-state index >= 15 is 0 Å². The van der Waals surface area contributed by atoms with Gasteiger partial charge in [-0.2, -0.15) is 0 Å². The average molecular weight is 280 g/mol. The van der Waals surface area contributed by atoms with Crippen molar-refractivity contribution in [1.29, 1.82) is 0 Å². The van der Waals surface area contributed by atoms with E-state index in [-0.39, 0.29) is 5.91 Å². The van der Waals surface area contributed by atoms with Gasteiger partial charge >= 0.3 is 0 Å². The van der Waals surface area contributed by atoms with Crippen LogP contribution >= 0.6 is 23.2 Å². The Hall–Kier alpha value is -1.51. The summed E-state index contributed by atoms with van der Waals surface area (Å²) in [7, 11) is 0. The summed E-state index contributed by atoms with van der Waals surface area (Å²) >= 11 is 11.7. The Morgan fingerprint density at radius 2 is 1.61 bits per heavy atom. The van der Waals surface area contributed by atoms with Crippen LogP contribution in [-0.4, -0.2) is 5.91 Å². The van der Waals surface area contributed by atoms with E-state index in [1.54, 1.807) is 36.4 Å². The zero-order valence-corrected chi connectivity index (χ0v) is 11.2. The first kappa shape index (κ1) is 12.9. The van der Waals surface area contributed by atoms with Gasteiger partial charge in [-0.05, 0) is 48.9 Å². The lowest BCUT2D eigenvalue weighted by atomic mass is 10.1. The first-order chi connectivity index (χ1) is 8.56. The van der Waals surface area contributed by atoms with Gasteiger partial charge in [0.15, 0.2) is 0 Å². The van der Waals surface area contributed by atoms with E-state index in [0.717, 1.165) is 5.56 Å². The lowest BCUT2D eigenvalue weighted by molar-refractivity contribution is 0.102. The zero-order valence-electron chi connectivity index (χ0n) is 9.71. The molecule has 2 aromatic rings. The molecule has 0 aromatic heterocycles. The molecule has 0 saturated carbocycles. The molecular weight excluding hydrogens is 269 g/mol. The number of aryl methyl sites for hydroxylation is 1. The Morgan fingerprint density at radius 3 is 2.28 bits per heavy atom. The second-order valence-corrected chi connectivity index (χ2v) is 4.79. The second-order valence-electron chi connectivity index (χ2n) is 3.92. The molecule has 0 atom stereocenters. The fourth-order valence-corrected chi connectivity index (χ4v) is 1.82. The van der Waals surface area contributed by atoms with Crippen molar-refractivity contribution in [2.75, 3.05) is 5.32 Å². The third-order valence-electron chi connectivity index (χ3n) is 2.55. The van der Waals surface area contributed by atoms with Crippen molar-refractivity contribution in [2.45, 2.75) is 6.92 Å². The molecule has 4 heteroatoms. The van der Waals surface area contributed by atoms with Gasteiger partial charge in [0, 0.05) is 21.3 Å². The Kier molecular flexibility index (Phi) is 3.90. The number of amides is 1. The van der Waals surface area contributed by atoms with Crippen molar-refractivity contribution in [1.82, 2.24) is 0 Å². The summed E-state index contributed by atoms with van der Waals surface area (Å²) in [5, 5.41) is 4.01. The number of nitrogens with one attached hydrogen (secondary N) is 1. The quantitative estimate of drug-likeness (QED) is 0.858. The molecule has 0 fully saturated rings. The predicted octanol–water partition coefficient (Wildman–Crippen LogP) is 4.55. The predicted molar refractivity (Wildman–Crippen MR) is 75.6 cm³/mol. The molecule has 0 aliphatic carbocycles. The molecule has 1 amide bonds. The maximum atomic E-state index is 12.0. The smallest absolute Gasteiger partial charge is 0.255 e. The van der Waals surface area contributed by atoms with Gasteiger partial charge < -0.3 is 5.32 Å². The molecule has 0 heterocycles. The highest BCUT2D eigenvalue weighted by Gasteiger charge is 2.07. The highest BCUT2D eigenvalue weighted by Crippen LogP contribution is 2.21. The number of rotatable bonds is 2. The van der Waals surface area contributed by atoms with Crippen molar-refractivity contribution >= 4 is 34.8 Å². The molecule has 2 rings (SSSR count). The van der Waals surface area contributed by atoms with Crippen LogP contribution in [0.25, 0.3) is 0 Å². The fraction of sp³-hybridized carbons (Fsp3) is 0.0714. The molecule has 0 aliphatic rings. The van der Waals surface area contributed by atoms with Crippen LogP contribution in [0.15, 0.2) is 42.5 Å². The van der Waals surface area contributed by atoms with Crippen LogP contribution in [0.1, 0.15) is 15.9 Å². The summed E-state index contributed by atoms with van der Waals surface area (Å²) in [6.07, 6.45) is 0. The summed E-state index contributed by atoms with van der Waals surface area (Å²) in [6, 6.07) is 12.1. The normalized spacial score (nSPS) is 10.2. The van der Waals surface area contributed by atoms with Gasteiger partial charge in [0.05, 0.1) is 0 Å². The lowest BCUT2D eigenvalue weighted by Crippen LogP contribution is -2.12. The van der Waals surface area contributed by atoms with Crippen LogP contribution in [0.4, 0.5) is 5.69 Å². The van der Waals surface area contributed by atoms with Gasteiger partial charge in [-0.25, -0.2) is 0 Å². The maximum absolute atomic E-state index is 12.0. The van der Waals surface area contributed by atoms with E-state index < -0.39 is 0 Å². The number of hydrogen-bond acceptors (Lipinski definition) is 1. The molecule has 2 nitrogen and oxygen atoms in total. The van der Waals surface area contributed by atoms with Crippen molar-refractivity contribution in [3.8, 4) is 0 Å². The number of hydrogen-bond donors (Lipinski definition) is 1. The van der Waals surface area contributed by atoms with Crippen LogP contribution in [0.5, 0.6) is 0 Å². The van der Waals surface area contributed by atoms with Crippen molar-refractivity contribution in [3.63, 3.8) is 0 Å². The molecule has 0 saturated heterocycles. The molecule has 0 bridgehead atoms. The molecule has 2 aromatic carbocycles. The average Bonchev–Trinajstić information content (AvgIpc) is 2.34. The second kappa shape index (κ2) is 5.42. The van der Waals surface area contributed by atoms with Crippen LogP contribution in [0.2, 0.25) is 10.0 Å². The number of anilines is 1. The Labute approximate surface area is 116 Å². The van der Waals surface area contributed by atoms with Gasteiger partial charge in [0.25, 0.3) is 5.91 Å². The van der Waals surface area contributed by atoms with Crippen LogP contribution in [0.3, 0.4) is 0 Å². The Bertz CT molecular complexity index is 579. The van der Waals surface area contributed by atoms with Crippen molar-refractivity contribution < 1.29 is 4.79 Å². The number of benzene rings is 2. The molecule has 0 aliphatic heterocycles. The summed E-state index contributed by atoms with van der Waals surface area (Å²) < 4.78 is 0. The topological polar surface area (TPSA) is 29.1 Å². The minimum atomic E-state index is -0.183. The standard InChI is InChI=1S/C14H11Cl2NO/c1-9-2-5-12(16)8-13(9)17-14(18)10-3-6-11(15)7-4-10/h2-8H,1H3,(H,17,18). The van der Waals surface area contributed by atoms with E-state index in [0.29, 0.717) is 21.3 Å². The number of carbonyl (C=O) groups excluding carboxylic acids is 1. The zero-order chi connectivity index (χ0) is 13.1. The van der Waals surface area contributed by atoms with E-state index in [1.165, 1.54) is 0 Å². The summed E-state index contributed by atoms with van der Waals surface area (Å²) in [6.45, 7) is 1.91. The number of halogens is 2. The van der Waals surface area contributed by atoms with Gasteiger partial charge in [0.1, 0.15) is 0 Å². The molecule has 0 spiro atoms. The Morgan fingerprint density at radius 1 is 1.00 bits per heavy atom. The minimum absolute atomic E-state index is 0.183. The van der Waals surface area contributed by atoms with Gasteiger partial charge in [-0.15, -0.1) is 0 Å². The molecular formula is C14H11Cl2NO. The van der Waals surface area contributed by atoms with E-state index in [4.69, 9.17) is 23.2 Å². The Balaban J connectivity index is 2.21. The first-order valence-electron chi connectivity index (χ1n) is 5.39. The highest BCUT2D eigenvalue weighted by molar-refractivity contribution is 6.31. The minimum Gasteiger partial charge on any atom is -0.322 e. The fourth-order valence-electron chi connectivity index (χ4n) is 1.52. The number of carbonyl (C=O) groups is 1. The SMILES string of the molecule is Cc1ccc(Cl)cc1NC(=O)c1ccc(Cl)cc1. The van der Waals surface area contributed by atoms with E-state index in [9.17, 15) is 4.79 Å². The molecule has 0 radical (unpaired) electrons. The van der Waals surface area contributed by atoms with E-state index in [1.807, 2.05) is 13.0 Å². The van der Waals surface area contributed by atoms with Crippen LogP contribution < -0.4 is 5.32 Å². The third kappa shape index (κ3) is 3.03. The van der Waals surface area contributed by atoms with Crippen LogP contribution in [0, 0.1) is 6.92 Å². The first-order valence-corrected chi connectivity index (χ1v) is 6.15. The van der Waals surface area contributed by atoms with E-state index in [2.05, 4.69) is 5.32 Å². The summed E-state index contributed by atoms with van der Waals surface area (Å²) in [4.78, 5) is 12.0. The monoisotopic (exact) mass is 279 g/mol. The van der Waals surface area contributed by atoms with Crippen molar-refractivity contribution in [3.05, 3.63) is 63.6 Å². The molecule has 92 valence electrons. The summed E-state index contributed by atoms with van der Waals surface area (Å²) in [5.41, 5.74) is 2.22. The third-order valence-corrected chi connectivity index (χ3v) is 3.04. The van der Waals surface area contributed by atoms with Gasteiger partial charge in [-0.1, -0.05) is 29.3 Å². The highest BCUT2D eigenvalue weighted by atomic mass is 35.5. The summed E-state index contributed by atoms with van der Waals surface area (Å²) in [5.74, 6) is -0.183. The lowest BCUT2D eigenvalue weighted by Gasteiger charge is -2.08. The molecule has 1 N–H and O–H groups in total. The van der Waals surface area contributed by atoms with Crippen LogP contribution in [-0.2, 0) is 0 Å². The van der Waals surface area contributed by atoms with Gasteiger partial charge in [-0.3, -0.25) is 4.79 Å².